The number of hydrogen-bond acceptors (Lipinski definition) is 4. The molecule has 2 heterocycles. The zero-order valence-corrected chi connectivity index (χ0v) is 11.8. The van der Waals surface area contributed by atoms with Crippen molar-refractivity contribution >= 4 is 17.7 Å². The van der Waals surface area contributed by atoms with Gasteiger partial charge in [0, 0.05) is 12.6 Å². The fourth-order valence-corrected chi connectivity index (χ4v) is 4.15. The maximum atomic E-state index is 11.2. The average Bonchev–Trinajstić information content (AvgIpc) is 2.99. The normalized spacial score (nSPS) is 32.2. The first-order chi connectivity index (χ1) is 8.72. The number of carbonyl (C=O) groups is 1. The number of carboxylic acids is 1. The van der Waals surface area contributed by atoms with E-state index in [2.05, 4.69) is 11.8 Å². The zero-order chi connectivity index (χ0) is 13.0. The van der Waals surface area contributed by atoms with E-state index in [1.165, 1.54) is 17.9 Å². The Balaban J connectivity index is 1.96. The Hall–Kier alpha value is -0.260. The molecule has 0 saturated carbocycles. The summed E-state index contributed by atoms with van der Waals surface area (Å²) in [6, 6.07) is 0.0769. The van der Waals surface area contributed by atoms with Gasteiger partial charge in [0.1, 0.15) is 0 Å². The molecule has 3 atom stereocenters. The highest BCUT2D eigenvalue weighted by Gasteiger charge is 2.38. The van der Waals surface area contributed by atoms with E-state index < -0.39 is 5.97 Å². The van der Waals surface area contributed by atoms with E-state index in [1.54, 1.807) is 0 Å². The van der Waals surface area contributed by atoms with Gasteiger partial charge in [0.05, 0.1) is 19.1 Å². The number of thioether (sulfide) groups is 1. The van der Waals surface area contributed by atoms with Crippen LogP contribution in [0.5, 0.6) is 0 Å². The molecule has 0 bridgehead atoms. The van der Waals surface area contributed by atoms with E-state index in [0.29, 0.717) is 13.2 Å². The third-order valence-electron chi connectivity index (χ3n) is 3.86. The summed E-state index contributed by atoms with van der Waals surface area (Å²) in [6.45, 7) is 5.13. The van der Waals surface area contributed by atoms with Crippen molar-refractivity contribution in [2.75, 3.05) is 37.8 Å². The summed E-state index contributed by atoms with van der Waals surface area (Å²) < 4.78 is 5.40. The Bertz CT molecular complexity index is 281. The van der Waals surface area contributed by atoms with E-state index in [0.717, 1.165) is 25.4 Å². The SMILES string of the molecule is CCCN(CC1CCSC1)C1COCC1C(=O)O. The quantitative estimate of drug-likeness (QED) is 0.796. The monoisotopic (exact) mass is 273 g/mol. The maximum Gasteiger partial charge on any atom is 0.310 e. The standard InChI is InChI=1S/C13H23NO3S/c1-2-4-14(6-10-3-5-18-9-10)12-8-17-7-11(12)13(15)16/h10-12H,2-9H2,1H3,(H,15,16). The van der Waals surface area contributed by atoms with Crippen molar-refractivity contribution < 1.29 is 14.6 Å². The van der Waals surface area contributed by atoms with Gasteiger partial charge >= 0.3 is 5.97 Å². The van der Waals surface area contributed by atoms with Crippen molar-refractivity contribution in [3.8, 4) is 0 Å². The van der Waals surface area contributed by atoms with E-state index in [9.17, 15) is 9.90 Å². The van der Waals surface area contributed by atoms with Gasteiger partial charge in [-0.15, -0.1) is 0 Å². The molecule has 0 aromatic carbocycles. The number of aliphatic carboxylic acids is 1. The molecule has 104 valence electrons. The number of carboxylic acid groups (broad SMARTS) is 1. The van der Waals surface area contributed by atoms with Crippen LogP contribution in [0.15, 0.2) is 0 Å². The number of ether oxygens (including phenoxy) is 1. The minimum absolute atomic E-state index is 0.0769. The Morgan fingerprint density at radius 2 is 2.33 bits per heavy atom. The average molecular weight is 273 g/mol. The van der Waals surface area contributed by atoms with Crippen LogP contribution in [-0.2, 0) is 9.53 Å². The summed E-state index contributed by atoms with van der Waals surface area (Å²) in [5, 5.41) is 9.25. The van der Waals surface area contributed by atoms with Crippen LogP contribution in [-0.4, -0.2) is 59.8 Å². The Kier molecular flexibility index (Phi) is 5.33. The highest BCUT2D eigenvalue weighted by molar-refractivity contribution is 7.99. The molecular formula is C13H23NO3S. The molecule has 3 unspecified atom stereocenters. The summed E-state index contributed by atoms with van der Waals surface area (Å²) in [7, 11) is 0. The largest absolute Gasteiger partial charge is 0.481 e. The van der Waals surface area contributed by atoms with Gasteiger partial charge in [0.2, 0.25) is 0 Å². The third-order valence-corrected chi connectivity index (χ3v) is 5.10. The lowest BCUT2D eigenvalue weighted by atomic mass is 10.00. The van der Waals surface area contributed by atoms with Crippen LogP contribution in [0.2, 0.25) is 0 Å². The molecule has 2 aliphatic rings. The second-order valence-electron chi connectivity index (χ2n) is 5.27. The van der Waals surface area contributed by atoms with E-state index >= 15 is 0 Å². The van der Waals surface area contributed by atoms with Gasteiger partial charge in [0.15, 0.2) is 0 Å². The van der Waals surface area contributed by atoms with E-state index in [1.807, 2.05) is 11.8 Å². The van der Waals surface area contributed by atoms with Gasteiger partial charge in [-0.3, -0.25) is 9.69 Å². The molecule has 0 amide bonds. The van der Waals surface area contributed by atoms with Crippen molar-refractivity contribution in [3.63, 3.8) is 0 Å². The van der Waals surface area contributed by atoms with Gasteiger partial charge in [0.25, 0.3) is 0 Å². The lowest BCUT2D eigenvalue weighted by Crippen LogP contribution is -2.45. The van der Waals surface area contributed by atoms with Crippen LogP contribution >= 0.6 is 11.8 Å². The molecule has 0 aromatic rings. The van der Waals surface area contributed by atoms with E-state index in [-0.39, 0.29) is 12.0 Å². The predicted molar refractivity (Wildman–Crippen MR) is 73.0 cm³/mol. The minimum atomic E-state index is -0.709. The van der Waals surface area contributed by atoms with Crippen LogP contribution in [0.1, 0.15) is 19.8 Å². The Morgan fingerprint density at radius 1 is 1.50 bits per heavy atom. The minimum Gasteiger partial charge on any atom is -0.481 e. The lowest BCUT2D eigenvalue weighted by molar-refractivity contribution is -0.143. The van der Waals surface area contributed by atoms with Crippen LogP contribution in [0.3, 0.4) is 0 Å². The zero-order valence-electron chi connectivity index (χ0n) is 11.0. The second-order valence-corrected chi connectivity index (χ2v) is 6.42. The molecule has 0 radical (unpaired) electrons. The van der Waals surface area contributed by atoms with Gasteiger partial charge in [-0.2, -0.15) is 11.8 Å². The fourth-order valence-electron chi connectivity index (χ4n) is 2.88. The smallest absolute Gasteiger partial charge is 0.310 e. The molecule has 1 N–H and O–H groups in total. The van der Waals surface area contributed by atoms with Crippen LogP contribution in [0, 0.1) is 11.8 Å². The fraction of sp³-hybridized carbons (Fsp3) is 0.923. The summed E-state index contributed by atoms with van der Waals surface area (Å²) in [5.41, 5.74) is 0. The molecule has 2 fully saturated rings. The van der Waals surface area contributed by atoms with Crippen molar-refractivity contribution in [2.24, 2.45) is 11.8 Å². The summed E-state index contributed by atoms with van der Waals surface area (Å²) in [4.78, 5) is 13.6. The highest BCUT2D eigenvalue weighted by atomic mass is 32.2. The molecule has 0 aromatic heterocycles. The van der Waals surface area contributed by atoms with Gasteiger partial charge in [-0.1, -0.05) is 6.92 Å². The summed E-state index contributed by atoms with van der Waals surface area (Å²) in [6.07, 6.45) is 2.35. The first-order valence-corrected chi connectivity index (χ1v) is 8.00. The number of hydrogen-bond donors (Lipinski definition) is 1. The van der Waals surface area contributed by atoms with Crippen molar-refractivity contribution in [1.82, 2.24) is 4.90 Å². The van der Waals surface area contributed by atoms with Crippen molar-refractivity contribution in [1.29, 1.82) is 0 Å². The highest BCUT2D eigenvalue weighted by Crippen LogP contribution is 2.27. The predicted octanol–water partition coefficient (Wildman–Crippen LogP) is 1.55. The molecule has 2 rings (SSSR count). The van der Waals surface area contributed by atoms with Crippen LogP contribution in [0.4, 0.5) is 0 Å². The van der Waals surface area contributed by atoms with Crippen molar-refractivity contribution in [2.45, 2.75) is 25.8 Å². The Morgan fingerprint density at radius 3 is 2.94 bits per heavy atom. The lowest BCUT2D eigenvalue weighted by Gasteiger charge is -2.32. The molecule has 5 heteroatoms. The van der Waals surface area contributed by atoms with Crippen LogP contribution in [0.25, 0.3) is 0 Å². The van der Waals surface area contributed by atoms with Crippen LogP contribution < -0.4 is 0 Å². The molecule has 0 aliphatic carbocycles. The molecule has 4 nitrogen and oxygen atoms in total. The molecule has 2 saturated heterocycles. The summed E-state index contributed by atoms with van der Waals surface area (Å²) >= 11 is 2.02. The number of nitrogens with zero attached hydrogens (tertiary/aromatic N) is 1. The second kappa shape index (κ2) is 6.78. The third kappa shape index (κ3) is 3.39. The molecule has 0 spiro atoms. The molecular weight excluding hydrogens is 250 g/mol. The number of rotatable bonds is 6. The Labute approximate surface area is 113 Å². The maximum absolute atomic E-state index is 11.2. The van der Waals surface area contributed by atoms with Gasteiger partial charge in [-0.25, -0.2) is 0 Å². The first-order valence-electron chi connectivity index (χ1n) is 6.84. The molecule has 18 heavy (non-hydrogen) atoms. The topological polar surface area (TPSA) is 49.8 Å². The first kappa shape index (κ1) is 14.2. The van der Waals surface area contributed by atoms with Crippen molar-refractivity contribution in [3.05, 3.63) is 0 Å². The summed E-state index contributed by atoms with van der Waals surface area (Å²) in [5.74, 6) is 2.17. The van der Waals surface area contributed by atoms with E-state index in [4.69, 9.17) is 4.74 Å². The molecule has 2 aliphatic heterocycles. The van der Waals surface area contributed by atoms with Gasteiger partial charge in [-0.05, 0) is 36.8 Å². The van der Waals surface area contributed by atoms with Gasteiger partial charge < -0.3 is 9.84 Å².